The van der Waals surface area contributed by atoms with Crippen LogP contribution in [0.25, 0.3) is 0 Å². The highest BCUT2D eigenvalue weighted by molar-refractivity contribution is 5.97. The normalized spacial score (nSPS) is 16.7. The molecule has 1 N–H and O–H groups in total. The zero-order chi connectivity index (χ0) is 17.7. The molecule has 0 aromatic heterocycles. The maximum Gasteiger partial charge on any atom is 0.254 e. The molecule has 1 saturated carbocycles. The molecule has 132 valence electrons. The van der Waals surface area contributed by atoms with E-state index in [1.165, 1.54) is 24.6 Å². The molecule has 5 heteroatoms. The van der Waals surface area contributed by atoms with Crippen molar-refractivity contribution >= 4 is 11.8 Å². The molecule has 2 rings (SSSR count). The Morgan fingerprint density at radius 1 is 1.17 bits per heavy atom. The van der Waals surface area contributed by atoms with Crippen molar-refractivity contribution in [1.82, 2.24) is 10.2 Å². The standard InChI is InChI=1S/C19H27FN2O2/c1-13(2)17(19(24)22(3)14-9-5-4-6-10-14)21-18(23)15-11-7-8-12-16(15)20/h7-8,11-14,17H,4-6,9-10H2,1-3H3,(H,21,23). The Kier molecular flexibility index (Phi) is 6.35. The Morgan fingerprint density at radius 2 is 1.79 bits per heavy atom. The van der Waals surface area contributed by atoms with Crippen LogP contribution >= 0.6 is 0 Å². The highest BCUT2D eigenvalue weighted by Crippen LogP contribution is 2.23. The molecule has 1 aliphatic carbocycles. The monoisotopic (exact) mass is 334 g/mol. The van der Waals surface area contributed by atoms with E-state index in [0.717, 1.165) is 25.7 Å². The summed E-state index contributed by atoms with van der Waals surface area (Å²) in [6, 6.07) is 5.40. The number of nitrogens with one attached hydrogen (secondary N) is 1. The number of hydrogen-bond donors (Lipinski definition) is 1. The average Bonchev–Trinajstić information content (AvgIpc) is 2.59. The SMILES string of the molecule is CC(C)C(NC(=O)c1ccccc1F)C(=O)N(C)C1CCCCC1. The van der Waals surface area contributed by atoms with Gasteiger partial charge in [0.2, 0.25) is 5.91 Å². The minimum atomic E-state index is -0.649. The highest BCUT2D eigenvalue weighted by atomic mass is 19.1. The number of nitrogens with zero attached hydrogens (tertiary/aromatic N) is 1. The van der Waals surface area contributed by atoms with Crippen LogP contribution in [0.4, 0.5) is 4.39 Å². The van der Waals surface area contributed by atoms with Gasteiger partial charge in [0, 0.05) is 13.1 Å². The van der Waals surface area contributed by atoms with Gasteiger partial charge in [0.25, 0.3) is 5.91 Å². The van der Waals surface area contributed by atoms with Gasteiger partial charge in [-0.05, 0) is 30.9 Å². The Bertz CT molecular complexity index is 582. The third-order valence-electron chi connectivity index (χ3n) is 4.81. The molecule has 1 unspecified atom stereocenters. The van der Waals surface area contributed by atoms with E-state index in [2.05, 4.69) is 5.32 Å². The Hall–Kier alpha value is -1.91. The van der Waals surface area contributed by atoms with E-state index in [9.17, 15) is 14.0 Å². The van der Waals surface area contributed by atoms with Crippen LogP contribution in [0, 0.1) is 11.7 Å². The molecule has 1 atom stereocenters. The first-order chi connectivity index (χ1) is 11.4. The van der Waals surface area contributed by atoms with Crippen LogP contribution in [-0.4, -0.2) is 35.8 Å². The van der Waals surface area contributed by atoms with Gasteiger partial charge < -0.3 is 10.2 Å². The number of likely N-dealkylation sites (N-methyl/N-ethyl adjacent to an activating group) is 1. The van der Waals surface area contributed by atoms with Crippen LogP contribution in [-0.2, 0) is 4.79 Å². The second-order valence-electron chi connectivity index (χ2n) is 6.92. The molecule has 0 radical (unpaired) electrons. The fourth-order valence-corrected chi connectivity index (χ4v) is 3.25. The number of carbonyl (C=O) groups excluding carboxylic acids is 2. The molecule has 0 aliphatic heterocycles. The van der Waals surface area contributed by atoms with Crippen molar-refractivity contribution in [2.45, 2.75) is 58.0 Å². The van der Waals surface area contributed by atoms with E-state index >= 15 is 0 Å². The quantitative estimate of drug-likeness (QED) is 0.897. The van der Waals surface area contributed by atoms with Crippen LogP contribution in [0.5, 0.6) is 0 Å². The van der Waals surface area contributed by atoms with E-state index in [1.807, 2.05) is 20.9 Å². The molecule has 2 amide bonds. The number of halogens is 1. The molecular formula is C19H27FN2O2. The van der Waals surface area contributed by atoms with E-state index in [0.29, 0.717) is 0 Å². The van der Waals surface area contributed by atoms with Crippen LogP contribution in [0.15, 0.2) is 24.3 Å². The Labute approximate surface area is 143 Å². The third kappa shape index (κ3) is 4.34. The maximum atomic E-state index is 13.8. The van der Waals surface area contributed by atoms with Crippen LogP contribution in [0.3, 0.4) is 0 Å². The topological polar surface area (TPSA) is 49.4 Å². The average molecular weight is 334 g/mol. The van der Waals surface area contributed by atoms with Crippen LogP contribution in [0.2, 0.25) is 0 Å². The number of benzene rings is 1. The second kappa shape index (κ2) is 8.27. The van der Waals surface area contributed by atoms with Crippen molar-refractivity contribution in [3.63, 3.8) is 0 Å². The Morgan fingerprint density at radius 3 is 2.38 bits per heavy atom. The number of hydrogen-bond acceptors (Lipinski definition) is 2. The van der Waals surface area contributed by atoms with E-state index in [1.54, 1.807) is 11.0 Å². The van der Waals surface area contributed by atoms with Gasteiger partial charge in [-0.15, -0.1) is 0 Å². The summed E-state index contributed by atoms with van der Waals surface area (Å²) in [4.78, 5) is 27.0. The Balaban J connectivity index is 2.09. The molecule has 1 aliphatic rings. The van der Waals surface area contributed by atoms with Gasteiger partial charge in [0.15, 0.2) is 0 Å². The first-order valence-corrected chi connectivity index (χ1v) is 8.74. The lowest BCUT2D eigenvalue weighted by Gasteiger charge is -2.35. The minimum absolute atomic E-state index is 0.0312. The molecule has 1 aromatic carbocycles. The number of amides is 2. The zero-order valence-corrected chi connectivity index (χ0v) is 14.7. The minimum Gasteiger partial charge on any atom is -0.341 e. The van der Waals surface area contributed by atoms with Gasteiger partial charge in [0.05, 0.1) is 5.56 Å². The lowest BCUT2D eigenvalue weighted by molar-refractivity contribution is -0.135. The van der Waals surface area contributed by atoms with Gasteiger partial charge in [-0.25, -0.2) is 4.39 Å². The summed E-state index contributed by atoms with van der Waals surface area (Å²) in [7, 11) is 1.81. The predicted octanol–water partition coefficient (Wildman–Crippen LogP) is 3.37. The molecule has 0 bridgehead atoms. The first-order valence-electron chi connectivity index (χ1n) is 8.74. The second-order valence-corrected chi connectivity index (χ2v) is 6.92. The maximum absolute atomic E-state index is 13.8. The van der Waals surface area contributed by atoms with Gasteiger partial charge >= 0.3 is 0 Å². The van der Waals surface area contributed by atoms with Crippen molar-refractivity contribution < 1.29 is 14.0 Å². The highest BCUT2D eigenvalue weighted by Gasteiger charge is 2.31. The van der Waals surface area contributed by atoms with E-state index in [-0.39, 0.29) is 23.4 Å². The molecule has 1 fully saturated rings. The largest absolute Gasteiger partial charge is 0.341 e. The van der Waals surface area contributed by atoms with Crippen molar-refractivity contribution in [3.05, 3.63) is 35.6 Å². The van der Waals surface area contributed by atoms with E-state index in [4.69, 9.17) is 0 Å². The number of rotatable bonds is 5. The molecule has 1 aromatic rings. The summed E-state index contributed by atoms with van der Waals surface area (Å²) >= 11 is 0. The van der Waals surface area contributed by atoms with Gasteiger partial charge in [0.1, 0.15) is 11.9 Å². The van der Waals surface area contributed by atoms with Crippen molar-refractivity contribution in [2.75, 3.05) is 7.05 Å². The van der Waals surface area contributed by atoms with Gasteiger partial charge in [-0.3, -0.25) is 9.59 Å². The fourth-order valence-electron chi connectivity index (χ4n) is 3.25. The summed E-state index contributed by atoms with van der Waals surface area (Å²) in [6.45, 7) is 3.78. The van der Waals surface area contributed by atoms with E-state index < -0.39 is 17.8 Å². The smallest absolute Gasteiger partial charge is 0.254 e. The summed E-state index contributed by atoms with van der Waals surface area (Å²) in [5.41, 5.74) is -0.0312. The van der Waals surface area contributed by atoms with Crippen molar-refractivity contribution in [1.29, 1.82) is 0 Å². The predicted molar refractivity (Wildman–Crippen MR) is 92.1 cm³/mol. The third-order valence-corrected chi connectivity index (χ3v) is 4.81. The summed E-state index contributed by atoms with van der Waals surface area (Å²) in [5.74, 6) is -1.29. The fraction of sp³-hybridized carbons (Fsp3) is 0.579. The van der Waals surface area contributed by atoms with Crippen molar-refractivity contribution in [2.24, 2.45) is 5.92 Å². The van der Waals surface area contributed by atoms with Gasteiger partial charge in [-0.1, -0.05) is 45.2 Å². The lowest BCUT2D eigenvalue weighted by atomic mass is 9.93. The summed E-state index contributed by atoms with van der Waals surface area (Å²) < 4.78 is 13.8. The number of carbonyl (C=O) groups is 2. The van der Waals surface area contributed by atoms with Gasteiger partial charge in [-0.2, -0.15) is 0 Å². The molecule has 0 saturated heterocycles. The first kappa shape index (κ1) is 18.4. The van der Waals surface area contributed by atoms with Crippen molar-refractivity contribution in [3.8, 4) is 0 Å². The zero-order valence-electron chi connectivity index (χ0n) is 14.7. The molecule has 0 heterocycles. The molecule has 4 nitrogen and oxygen atoms in total. The van der Waals surface area contributed by atoms with Crippen LogP contribution < -0.4 is 5.32 Å². The molecule has 0 spiro atoms. The summed E-state index contributed by atoms with van der Waals surface area (Å²) in [6.07, 6.45) is 5.51. The summed E-state index contributed by atoms with van der Waals surface area (Å²) in [5, 5.41) is 2.72. The van der Waals surface area contributed by atoms with Crippen LogP contribution in [0.1, 0.15) is 56.3 Å². The molecular weight excluding hydrogens is 307 g/mol. The lowest BCUT2D eigenvalue weighted by Crippen LogP contribution is -2.53. The molecule has 24 heavy (non-hydrogen) atoms.